The maximum absolute atomic E-state index is 5.90. The summed E-state index contributed by atoms with van der Waals surface area (Å²) < 4.78 is 5.90. The first-order chi connectivity index (χ1) is 13.0. The lowest BCUT2D eigenvalue weighted by molar-refractivity contribution is 0.582. The molecule has 0 bridgehead atoms. The highest BCUT2D eigenvalue weighted by Gasteiger charge is 2.15. The highest BCUT2D eigenvalue weighted by molar-refractivity contribution is 5.67. The Bertz CT molecular complexity index is 1020. The molecule has 0 spiro atoms. The van der Waals surface area contributed by atoms with Crippen LogP contribution in [0.2, 0.25) is 0 Å². The van der Waals surface area contributed by atoms with Gasteiger partial charge in [-0.3, -0.25) is 0 Å². The van der Waals surface area contributed by atoms with Crippen LogP contribution in [-0.4, -0.2) is 10.2 Å². The first-order valence-corrected chi connectivity index (χ1v) is 9.02. The topological polar surface area (TPSA) is 38.9 Å². The quantitative estimate of drug-likeness (QED) is 0.442. The predicted molar refractivity (Wildman–Crippen MR) is 108 cm³/mol. The van der Waals surface area contributed by atoms with Crippen molar-refractivity contribution in [1.29, 1.82) is 0 Å². The van der Waals surface area contributed by atoms with E-state index >= 15 is 0 Å². The van der Waals surface area contributed by atoms with Gasteiger partial charge in [0.2, 0.25) is 11.8 Å². The molecule has 133 valence electrons. The fourth-order valence-corrected chi connectivity index (χ4v) is 2.95. The van der Waals surface area contributed by atoms with Crippen molar-refractivity contribution in [2.24, 2.45) is 0 Å². The van der Waals surface area contributed by atoms with E-state index in [0.29, 0.717) is 11.8 Å². The largest absolute Gasteiger partial charge is 0.416 e. The van der Waals surface area contributed by atoms with Gasteiger partial charge in [-0.05, 0) is 52.4 Å². The lowest BCUT2D eigenvalue weighted by Crippen LogP contribution is -2.10. The summed E-state index contributed by atoms with van der Waals surface area (Å²) in [7, 11) is 0. The third kappa shape index (κ3) is 3.68. The number of rotatable bonds is 3. The molecule has 0 amide bonds. The van der Waals surface area contributed by atoms with E-state index in [0.717, 1.165) is 22.3 Å². The van der Waals surface area contributed by atoms with E-state index in [9.17, 15) is 0 Å². The van der Waals surface area contributed by atoms with Crippen molar-refractivity contribution >= 4 is 0 Å². The molecule has 0 unspecified atom stereocenters. The highest BCUT2D eigenvalue weighted by atomic mass is 16.4. The lowest BCUT2D eigenvalue weighted by Gasteiger charge is -2.18. The average molecular weight is 353 g/mol. The van der Waals surface area contributed by atoms with Crippen molar-refractivity contribution in [1.82, 2.24) is 10.2 Å². The predicted octanol–water partition coefficient (Wildman–Crippen LogP) is 6.17. The number of benzene rings is 3. The first-order valence-electron chi connectivity index (χ1n) is 9.02. The van der Waals surface area contributed by atoms with Crippen LogP contribution in [0.3, 0.4) is 0 Å². The Hall–Kier alpha value is -3.20. The molecule has 0 aliphatic carbocycles. The average Bonchev–Trinajstić information content (AvgIpc) is 3.18. The molecule has 4 rings (SSSR count). The van der Waals surface area contributed by atoms with Crippen LogP contribution in [0.4, 0.5) is 0 Å². The van der Waals surface area contributed by atoms with Crippen molar-refractivity contribution in [3.05, 3.63) is 84.4 Å². The van der Waals surface area contributed by atoms with Gasteiger partial charge in [-0.25, -0.2) is 0 Å². The van der Waals surface area contributed by atoms with E-state index in [1.807, 2.05) is 48.5 Å². The zero-order valence-corrected chi connectivity index (χ0v) is 15.7. The minimum absolute atomic E-state index is 0.122. The van der Waals surface area contributed by atoms with Crippen LogP contribution in [0.15, 0.2) is 77.2 Å². The summed E-state index contributed by atoms with van der Waals surface area (Å²) in [6.07, 6.45) is 0. The summed E-state index contributed by atoms with van der Waals surface area (Å²) in [6, 6.07) is 27.4. The highest BCUT2D eigenvalue weighted by Crippen LogP contribution is 2.28. The second-order valence-electron chi connectivity index (χ2n) is 7.61. The SMILES string of the molecule is CC(C)(C)c1ccc(-c2nnc(-c3ccc(-c4cc[c]cc4)cc3)o2)cc1. The molecule has 1 aromatic heterocycles. The van der Waals surface area contributed by atoms with Gasteiger partial charge >= 0.3 is 0 Å². The molecule has 3 aromatic carbocycles. The van der Waals surface area contributed by atoms with Crippen LogP contribution in [0.25, 0.3) is 34.0 Å². The minimum Gasteiger partial charge on any atom is -0.416 e. The molecule has 3 nitrogen and oxygen atoms in total. The Labute approximate surface area is 159 Å². The molecule has 1 radical (unpaired) electrons. The van der Waals surface area contributed by atoms with Crippen LogP contribution in [0, 0.1) is 6.07 Å². The second-order valence-corrected chi connectivity index (χ2v) is 7.61. The van der Waals surface area contributed by atoms with Crippen LogP contribution in [0.5, 0.6) is 0 Å². The van der Waals surface area contributed by atoms with Gasteiger partial charge in [0.05, 0.1) is 0 Å². The Morgan fingerprint density at radius 2 is 1.07 bits per heavy atom. The first kappa shape index (κ1) is 17.2. The number of aromatic nitrogens is 2. The Balaban J connectivity index is 1.57. The summed E-state index contributed by atoms with van der Waals surface area (Å²) in [6.45, 7) is 6.60. The van der Waals surface area contributed by atoms with Crippen LogP contribution in [-0.2, 0) is 5.41 Å². The molecular formula is C24H21N2O. The van der Waals surface area contributed by atoms with E-state index in [1.165, 1.54) is 5.56 Å². The molecule has 4 aromatic rings. The number of hydrogen-bond acceptors (Lipinski definition) is 3. The van der Waals surface area contributed by atoms with E-state index in [2.05, 4.69) is 61.3 Å². The van der Waals surface area contributed by atoms with Crippen molar-refractivity contribution in [3.8, 4) is 34.0 Å². The monoisotopic (exact) mass is 353 g/mol. The molecule has 0 saturated carbocycles. The van der Waals surface area contributed by atoms with Crippen molar-refractivity contribution in [2.75, 3.05) is 0 Å². The third-order valence-electron chi connectivity index (χ3n) is 4.61. The minimum atomic E-state index is 0.122. The van der Waals surface area contributed by atoms with Crippen molar-refractivity contribution < 1.29 is 4.42 Å². The van der Waals surface area contributed by atoms with Crippen LogP contribution >= 0.6 is 0 Å². The number of nitrogens with zero attached hydrogens (tertiary/aromatic N) is 2. The van der Waals surface area contributed by atoms with E-state index in [-0.39, 0.29) is 5.41 Å². The van der Waals surface area contributed by atoms with Crippen molar-refractivity contribution in [2.45, 2.75) is 26.2 Å². The van der Waals surface area contributed by atoms with Gasteiger partial charge in [-0.2, -0.15) is 0 Å². The fraction of sp³-hybridized carbons (Fsp3) is 0.167. The van der Waals surface area contributed by atoms with Crippen molar-refractivity contribution in [3.63, 3.8) is 0 Å². The number of hydrogen-bond donors (Lipinski definition) is 0. The summed E-state index contributed by atoms with van der Waals surface area (Å²) >= 11 is 0. The lowest BCUT2D eigenvalue weighted by atomic mass is 9.87. The van der Waals surface area contributed by atoms with Gasteiger partial charge in [0.1, 0.15) is 0 Å². The third-order valence-corrected chi connectivity index (χ3v) is 4.61. The molecule has 27 heavy (non-hydrogen) atoms. The molecule has 0 saturated heterocycles. The molecule has 0 N–H and O–H groups in total. The zero-order valence-electron chi connectivity index (χ0n) is 15.7. The second kappa shape index (κ2) is 6.84. The van der Waals surface area contributed by atoms with Gasteiger partial charge in [0.15, 0.2) is 0 Å². The molecule has 0 aliphatic rings. The molecule has 0 fully saturated rings. The van der Waals surface area contributed by atoms with Gasteiger partial charge in [-0.15, -0.1) is 10.2 Å². The Morgan fingerprint density at radius 3 is 1.59 bits per heavy atom. The summed E-state index contributed by atoms with van der Waals surface area (Å²) in [4.78, 5) is 0. The van der Waals surface area contributed by atoms with Gasteiger partial charge < -0.3 is 4.42 Å². The van der Waals surface area contributed by atoms with Gasteiger partial charge in [-0.1, -0.05) is 69.3 Å². The van der Waals surface area contributed by atoms with E-state index in [1.54, 1.807) is 0 Å². The maximum atomic E-state index is 5.90. The molecule has 3 heteroatoms. The molecule has 0 atom stereocenters. The van der Waals surface area contributed by atoms with Gasteiger partial charge in [0.25, 0.3) is 0 Å². The summed E-state index contributed by atoms with van der Waals surface area (Å²) in [5.74, 6) is 1.06. The smallest absolute Gasteiger partial charge is 0.248 e. The standard InChI is InChI=1S/C24H21N2O/c1-24(2,3)21-15-13-20(14-16-21)23-26-25-22(27-23)19-11-9-18(10-12-19)17-7-5-4-6-8-17/h5-16H,1-3H3. The Morgan fingerprint density at radius 1 is 0.630 bits per heavy atom. The summed E-state index contributed by atoms with van der Waals surface area (Å²) in [5.41, 5.74) is 5.54. The van der Waals surface area contributed by atoms with E-state index < -0.39 is 0 Å². The molecule has 0 aliphatic heterocycles. The van der Waals surface area contributed by atoms with Crippen LogP contribution in [0.1, 0.15) is 26.3 Å². The normalized spacial score (nSPS) is 11.5. The maximum Gasteiger partial charge on any atom is 0.248 e. The molecule has 1 heterocycles. The van der Waals surface area contributed by atoms with Crippen LogP contribution < -0.4 is 0 Å². The molecular weight excluding hydrogens is 332 g/mol. The van der Waals surface area contributed by atoms with E-state index in [4.69, 9.17) is 4.42 Å². The zero-order chi connectivity index (χ0) is 18.9. The summed E-state index contributed by atoms with van der Waals surface area (Å²) in [5, 5.41) is 8.43. The fourth-order valence-electron chi connectivity index (χ4n) is 2.95. The van der Waals surface area contributed by atoms with Gasteiger partial charge in [0, 0.05) is 11.1 Å². The Kier molecular flexibility index (Phi) is 4.36.